The lowest BCUT2D eigenvalue weighted by atomic mass is 10.2. The van der Waals surface area contributed by atoms with Crippen molar-refractivity contribution in [3.8, 4) is 5.75 Å². The first kappa shape index (κ1) is 16.3. The Morgan fingerprint density at radius 3 is 2.65 bits per heavy atom. The summed E-state index contributed by atoms with van der Waals surface area (Å²) in [4.78, 5) is 19.3. The minimum Gasteiger partial charge on any atom is -0.508 e. The average molecular weight is 317 g/mol. The fraction of sp³-hybridized carbons (Fsp3) is 0.611. The van der Waals surface area contributed by atoms with Crippen LogP contribution in [0.2, 0.25) is 0 Å². The Morgan fingerprint density at radius 2 is 2.04 bits per heavy atom. The molecule has 23 heavy (non-hydrogen) atoms. The first-order chi connectivity index (χ1) is 11.0. The Kier molecular flexibility index (Phi) is 4.87. The average Bonchev–Trinajstić information content (AvgIpc) is 3.23. The number of carbonyl (C=O) groups excluding carboxylic acids is 1. The number of phenols is 1. The molecule has 0 radical (unpaired) electrons. The van der Waals surface area contributed by atoms with Gasteiger partial charge in [-0.3, -0.25) is 9.69 Å². The van der Waals surface area contributed by atoms with Crippen molar-refractivity contribution < 1.29 is 9.90 Å². The molecule has 1 aromatic rings. The zero-order valence-corrected chi connectivity index (χ0v) is 14.1. The van der Waals surface area contributed by atoms with E-state index in [4.69, 9.17) is 0 Å². The van der Waals surface area contributed by atoms with E-state index in [0.29, 0.717) is 25.2 Å². The maximum absolute atomic E-state index is 12.8. The summed E-state index contributed by atoms with van der Waals surface area (Å²) in [6, 6.07) is 8.17. The predicted octanol–water partition coefficient (Wildman–Crippen LogP) is 1.52. The topological polar surface area (TPSA) is 47.0 Å². The smallest absolute Gasteiger partial charge is 0.237 e. The lowest BCUT2D eigenvalue weighted by molar-refractivity contribution is -0.133. The molecule has 1 heterocycles. The van der Waals surface area contributed by atoms with Crippen LogP contribution in [0.15, 0.2) is 24.3 Å². The third-order valence-electron chi connectivity index (χ3n) is 4.91. The fourth-order valence-electron chi connectivity index (χ4n) is 3.32. The number of amides is 1. The number of hydrogen-bond donors (Lipinski definition) is 1. The molecule has 1 aliphatic heterocycles. The van der Waals surface area contributed by atoms with Gasteiger partial charge < -0.3 is 14.9 Å². The van der Waals surface area contributed by atoms with Gasteiger partial charge in [-0.15, -0.1) is 0 Å². The number of aromatic hydroxyl groups is 1. The van der Waals surface area contributed by atoms with Crippen LogP contribution in [0.25, 0.3) is 0 Å². The number of benzene rings is 1. The van der Waals surface area contributed by atoms with Gasteiger partial charge in [-0.1, -0.05) is 12.1 Å². The van der Waals surface area contributed by atoms with Gasteiger partial charge in [0.2, 0.25) is 5.91 Å². The summed E-state index contributed by atoms with van der Waals surface area (Å²) in [7, 11) is 4.21. The molecule has 1 unspecified atom stereocenters. The predicted molar refractivity (Wildman–Crippen MR) is 90.2 cm³/mol. The first-order valence-corrected chi connectivity index (χ1v) is 8.49. The molecule has 5 nitrogen and oxygen atoms in total. The molecule has 1 saturated heterocycles. The molecular formula is C18H27N3O2. The van der Waals surface area contributed by atoms with E-state index in [-0.39, 0.29) is 11.7 Å². The molecule has 3 rings (SSSR count). The zero-order valence-electron chi connectivity index (χ0n) is 14.1. The monoisotopic (exact) mass is 317 g/mol. The zero-order chi connectivity index (χ0) is 16.4. The quantitative estimate of drug-likeness (QED) is 0.864. The second kappa shape index (κ2) is 6.89. The van der Waals surface area contributed by atoms with E-state index in [1.165, 1.54) is 0 Å². The number of likely N-dealkylation sites (N-methyl/N-ethyl adjacent to an activating group) is 1. The van der Waals surface area contributed by atoms with Crippen molar-refractivity contribution in [3.63, 3.8) is 0 Å². The summed E-state index contributed by atoms with van der Waals surface area (Å²) < 4.78 is 0. The standard InChI is InChI=1S/C18H27N3O2/c1-19(2)16-8-9-20(12-16)13-18(23)21(15-6-7-15)11-14-4-3-5-17(22)10-14/h3-5,10,15-16,22H,6-9,11-13H2,1-2H3. The van der Waals surface area contributed by atoms with Crippen LogP contribution in [0.1, 0.15) is 24.8 Å². The molecule has 1 atom stereocenters. The van der Waals surface area contributed by atoms with E-state index in [1.807, 2.05) is 17.0 Å². The Labute approximate surface area is 138 Å². The van der Waals surface area contributed by atoms with Gasteiger partial charge in [0, 0.05) is 31.7 Å². The number of carbonyl (C=O) groups is 1. The maximum Gasteiger partial charge on any atom is 0.237 e. The summed E-state index contributed by atoms with van der Waals surface area (Å²) in [5.41, 5.74) is 0.998. The first-order valence-electron chi connectivity index (χ1n) is 8.49. The van der Waals surface area contributed by atoms with Gasteiger partial charge in [-0.2, -0.15) is 0 Å². The van der Waals surface area contributed by atoms with E-state index in [0.717, 1.165) is 37.9 Å². The second-order valence-electron chi connectivity index (χ2n) is 7.06. The molecule has 1 saturated carbocycles. The largest absolute Gasteiger partial charge is 0.508 e. The van der Waals surface area contributed by atoms with Crippen molar-refractivity contribution in [1.29, 1.82) is 0 Å². The number of likely N-dealkylation sites (tertiary alicyclic amines) is 1. The molecule has 0 aromatic heterocycles. The van der Waals surface area contributed by atoms with E-state index >= 15 is 0 Å². The van der Waals surface area contributed by atoms with Gasteiger partial charge in [0.15, 0.2) is 0 Å². The number of nitrogens with zero attached hydrogens (tertiary/aromatic N) is 3. The lowest BCUT2D eigenvalue weighted by Gasteiger charge is -2.26. The summed E-state index contributed by atoms with van der Waals surface area (Å²) in [6.07, 6.45) is 3.34. The van der Waals surface area contributed by atoms with Gasteiger partial charge in [-0.05, 0) is 51.1 Å². The summed E-state index contributed by atoms with van der Waals surface area (Å²) in [5.74, 6) is 0.481. The molecule has 2 aliphatic rings. The highest BCUT2D eigenvalue weighted by Crippen LogP contribution is 2.29. The van der Waals surface area contributed by atoms with Gasteiger partial charge in [0.1, 0.15) is 5.75 Å². The Morgan fingerprint density at radius 1 is 1.26 bits per heavy atom. The van der Waals surface area contributed by atoms with Crippen LogP contribution in [0.4, 0.5) is 0 Å². The SMILES string of the molecule is CN(C)C1CCN(CC(=O)N(Cc2cccc(O)c2)C2CC2)C1. The van der Waals surface area contributed by atoms with Crippen molar-refractivity contribution in [2.45, 2.75) is 37.9 Å². The highest BCUT2D eigenvalue weighted by molar-refractivity contribution is 5.79. The molecule has 1 aliphatic carbocycles. The normalized spacial score (nSPS) is 21.8. The van der Waals surface area contributed by atoms with E-state index in [9.17, 15) is 9.90 Å². The van der Waals surface area contributed by atoms with Crippen molar-refractivity contribution in [2.75, 3.05) is 33.7 Å². The molecule has 0 bridgehead atoms. The van der Waals surface area contributed by atoms with Crippen LogP contribution in [-0.2, 0) is 11.3 Å². The molecule has 1 aromatic carbocycles. The third-order valence-corrected chi connectivity index (χ3v) is 4.91. The Hall–Kier alpha value is -1.59. The van der Waals surface area contributed by atoms with Crippen molar-refractivity contribution >= 4 is 5.91 Å². The highest BCUT2D eigenvalue weighted by atomic mass is 16.3. The minimum absolute atomic E-state index is 0.218. The van der Waals surface area contributed by atoms with Crippen LogP contribution >= 0.6 is 0 Å². The molecule has 126 valence electrons. The van der Waals surface area contributed by atoms with Crippen molar-refractivity contribution in [1.82, 2.24) is 14.7 Å². The van der Waals surface area contributed by atoms with Crippen LogP contribution < -0.4 is 0 Å². The number of rotatable bonds is 6. The maximum atomic E-state index is 12.8. The van der Waals surface area contributed by atoms with Crippen LogP contribution in [-0.4, -0.2) is 71.5 Å². The van der Waals surface area contributed by atoms with Crippen molar-refractivity contribution in [3.05, 3.63) is 29.8 Å². The molecule has 2 fully saturated rings. The molecular weight excluding hydrogens is 290 g/mol. The Bertz CT molecular complexity index is 557. The van der Waals surface area contributed by atoms with E-state index < -0.39 is 0 Å². The Balaban J connectivity index is 1.59. The van der Waals surface area contributed by atoms with Crippen LogP contribution in [0, 0.1) is 0 Å². The molecule has 5 heteroatoms. The summed E-state index contributed by atoms with van der Waals surface area (Å²) >= 11 is 0. The lowest BCUT2D eigenvalue weighted by Crippen LogP contribution is -2.41. The van der Waals surface area contributed by atoms with Gasteiger partial charge >= 0.3 is 0 Å². The van der Waals surface area contributed by atoms with E-state index in [1.54, 1.807) is 12.1 Å². The highest BCUT2D eigenvalue weighted by Gasteiger charge is 2.34. The van der Waals surface area contributed by atoms with Gasteiger partial charge in [-0.25, -0.2) is 0 Å². The van der Waals surface area contributed by atoms with Gasteiger partial charge in [0.25, 0.3) is 0 Å². The number of phenolic OH excluding ortho intramolecular Hbond substituents is 1. The van der Waals surface area contributed by atoms with Crippen LogP contribution in [0.5, 0.6) is 5.75 Å². The third kappa shape index (κ3) is 4.24. The fourth-order valence-corrected chi connectivity index (χ4v) is 3.32. The van der Waals surface area contributed by atoms with Gasteiger partial charge in [0.05, 0.1) is 6.54 Å². The minimum atomic E-state index is 0.218. The second-order valence-corrected chi connectivity index (χ2v) is 7.06. The summed E-state index contributed by atoms with van der Waals surface area (Å²) in [5, 5.41) is 9.61. The van der Waals surface area contributed by atoms with Crippen molar-refractivity contribution in [2.24, 2.45) is 0 Å². The molecule has 1 amide bonds. The van der Waals surface area contributed by atoms with E-state index in [2.05, 4.69) is 23.9 Å². The molecule has 1 N–H and O–H groups in total. The number of hydrogen-bond acceptors (Lipinski definition) is 4. The molecule has 0 spiro atoms. The van der Waals surface area contributed by atoms with Crippen LogP contribution in [0.3, 0.4) is 0 Å². The summed E-state index contributed by atoms with van der Waals surface area (Å²) in [6.45, 7) is 3.09.